The van der Waals surface area contributed by atoms with E-state index in [9.17, 15) is 4.79 Å². The minimum absolute atomic E-state index is 0.185. The summed E-state index contributed by atoms with van der Waals surface area (Å²) in [4.78, 5) is 10.8. The summed E-state index contributed by atoms with van der Waals surface area (Å²) in [5, 5.41) is 11.7. The number of carboxylic acid groups (broad SMARTS) is 1. The van der Waals surface area contributed by atoms with Gasteiger partial charge < -0.3 is 29.4 Å². The Kier molecular flexibility index (Phi) is 7.56. The molecule has 0 saturated carbocycles. The first kappa shape index (κ1) is 21.0. The zero-order chi connectivity index (χ0) is 20.5. The topological polar surface area (TPSA) is 86.2 Å². The number of rotatable bonds is 10. The second kappa shape index (κ2) is 10.1. The number of methoxy groups -OCH3 is 4. The van der Waals surface area contributed by atoms with Crippen molar-refractivity contribution in [1.82, 2.24) is 0 Å². The first-order valence-electron chi connectivity index (χ1n) is 8.61. The fraction of sp³-hybridized carbons (Fsp3) is 0.286. The molecule has 0 unspecified atom stereocenters. The van der Waals surface area contributed by atoms with E-state index >= 15 is 0 Å². The summed E-state index contributed by atoms with van der Waals surface area (Å²) in [6.07, 6.45) is 4.53. The highest BCUT2D eigenvalue weighted by Gasteiger charge is 2.11. The largest absolute Gasteiger partial charge is 0.496 e. The van der Waals surface area contributed by atoms with Crippen molar-refractivity contribution < 1.29 is 28.8 Å². The molecule has 0 aromatic heterocycles. The van der Waals surface area contributed by atoms with E-state index in [1.807, 2.05) is 30.4 Å². The molecule has 150 valence electrons. The van der Waals surface area contributed by atoms with E-state index in [0.717, 1.165) is 11.1 Å². The number of benzene rings is 2. The van der Waals surface area contributed by atoms with Crippen LogP contribution in [0.25, 0.3) is 6.08 Å². The van der Waals surface area contributed by atoms with Crippen molar-refractivity contribution in [3.63, 3.8) is 0 Å². The van der Waals surface area contributed by atoms with Crippen LogP contribution in [-0.4, -0.2) is 46.1 Å². The van der Waals surface area contributed by atoms with Gasteiger partial charge in [0, 0.05) is 12.1 Å². The zero-order valence-corrected chi connectivity index (χ0v) is 16.4. The molecule has 28 heavy (non-hydrogen) atoms. The molecule has 0 heterocycles. The van der Waals surface area contributed by atoms with Crippen LogP contribution < -0.4 is 24.3 Å². The molecule has 0 radical (unpaired) electrons. The second-order valence-electron chi connectivity index (χ2n) is 5.83. The third-order valence-electron chi connectivity index (χ3n) is 4.09. The van der Waals surface area contributed by atoms with Gasteiger partial charge >= 0.3 is 5.97 Å². The Labute approximate surface area is 164 Å². The number of carboxylic acids is 1. The van der Waals surface area contributed by atoms with Crippen molar-refractivity contribution in [2.24, 2.45) is 0 Å². The van der Waals surface area contributed by atoms with Crippen molar-refractivity contribution in [2.75, 3.05) is 40.3 Å². The molecule has 0 aliphatic heterocycles. The summed E-state index contributed by atoms with van der Waals surface area (Å²) in [7, 11) is 6.32. The summed E-state index contributed by atoms with van der Waals surface area (Å²) >= 11 is 0. The minimum atomic E-state index is -0.939. The highest BCUT2D eigenvalue weighted by molar-refractivity contribution is 5.74. The van der Waals surface area contributed by atoms with Crippen molar-refractivity contribution >= 4 is 17.7 Å². The molecule has 2 aromatic carbocycles. The lowest BCUT2D eigenvalue weighted by Gasteiger charge is -2.13. The van der Waals surface area contributed by atoms with Gasteiger partial charge in [-0.3, -0.25) is 4.79 Å². The maximum atomic E-state index is 10.8. The van der Waals surface area contributed by atoms with Crippen LogP contribution in [0, 0.1) is 0 Å². The lowest BCUT2D eigenvalue weighted by atomic mass is 10.1. The highest BCUT2D eigenvalue weighted by atomic mass is 16.5. The van der Waals surface area contributed by atoms with Crippen LogP contribution in [0.4, 0.5) is 5.69 Å². The fourth-order valence-electron chi connectivity index (χ4n) is 2.70. The molecule has 7 nitrogen and oxygen atoms in total. The number of allylic oxidation sites excluding steroid dienone is 1. The molecular formula is C21H25NO6. The Balaban J connectivity index is 2.22. The molecule has 2 rings (SSSR count). The van der Waals surface area contributed by atoms with Crippen LogP contribution in [0.15, 0.2) is 36.4 Å². The van der Waals surface area contributed by atoms with E-state index in [0.29, 0.717) is 35.1 Å². The molecule has 2 N–H and O–H groups in total. The fourth-order valence-corrected chi connectivity index (χ4v) is 2.70. The molecule has 2 aromatic rings. The van der Waals surface area contributed by atoms with Crippen LogP contribution in [0.2, 0.25) is 0 Å². The van der Waals surface area contributed by atoms with Gasteiger partial charge in [-0.15, -0.1) is 0 Å². The third-order valence-corrected chi connectivity index (χ3v) is 4.09. The van der Waals surface area contributed by atoms with Gasteiger partial charge in [-0.1, -0.05) is 18.2 Å². The average molecular weight is 387 g/mol. The Hall–Kier alpha value is -3.35. The lowest BCUT2D eigenvalue weighted by molar-refractivity contribution is -0.134. The summed E-state index contributed by atoms with van der Waals surface area (Å²) in [6.45, 7) is -0.185. The van der Waals surface area contributed by atoms with Crippen LogP contribution in [0.1, 0.15) is 11.1 Å². The van der Waals surface area contributed by atoms with Gasteiger partial charge in [0.05, 0.1) is 39.7 Å². The average Bonchev–Trinajstić information content (AvgIpc) is 2.71. The van der Waals surface area contributed by atoms with Crippen LogP contribution in [-0.2, 0) is 11.2 Å². The Bertz CT molecular complexity index is 822. The van der Waals surface area contributed by atoms with Gasteiger partial charge in [0.1, 0.15) is 29.5 Å². The molecule has 0 aliphatic rings. The monoisotopic (exact) mass is 387 g/mol. The summed E-state index contributed by atoms with van der Waals surface area (Å²) in [6, 6.07) is 9.20. The standard InChI is InChI=1S/C21H25NO6/c1-25-15-11-19(27-3)16(20(12-15)28-4)7-5-6-14-8-9-18(26-2)17(10-14)22-13-21(23)24/h5,7-12,22H,6,13H2,1-4H3,(H,23,24)/b7-5+. The van der Waals surface area contributed by atoms with Crippen LogP contribution in [0.5, 0.6) is 23.0 Å². The second-order valence-corrected chi connectivity index (χ2v) is 5.83. The van der Waals surface area contributed by atoms with Gasteiger partial charge in [0.2, 0.25) is 0 Å². The van der Waals surface area contributed by atoms with Crippen molar-refractivity contribution in [1.29, 1.82) is 0 Å². The summed E-state index contributed by atoms with van der Waals surface area (Å²) in [5.74, 6) is 1.59. The molecule has 0 saturated heterocycles. The van der Waals surface area contributed by atoms with E-state index in [1.165, 1.54) is 0 Å². The number of anilines is 1. The third kappa shape index (κ3) is 5.33. The Morgan fingerprint density at radius 1 is 0.964 bits per heavy atom. The van der Waals surface area contributed by atoms with Crippen molar-refractivity contribution in [3.05, 3.63) is 47.5 Å². The number of aliphatic carboxylic acids is 1. The van der Waals surface area contributed by atoms with Crippen molar-refractivity contribution in [2.45, 2.75) is 6.42 Å². The highest BCUT2D eigenvalue weighted by Crippen LogP contribution is 2.35. The molecule has 0 atom stereocenters. The van der Waals surface area contributed by atoms with E-state index in [1.54, 1.807) is 40.6 Å². The van der Waals surface area contributed by atoms with E-state index < -0.39 is 5.97 Å². The molecule has 0 aliphatic carbocycles. The lowest BCUT2D eigenvalue weighted by Crippen LogP contribution is -2.13. The van der Waals surface area contributed by atoms with Crippen LogP contribution in [0.3, 0.4) is 0 Å². The maximum Gasteiger partial charge on any atom is 0.322 e. The number of hydrogen-bond acceptors (Lipinski definition) is 6. The molecule has 0 fully saturated rings. The smallest absolute Gasteiger partial charge is 0.322 e. The summed E-state index contributed by atoms with van der Waals surface area (Å²) in [5.41, 5.74) is 2.44. The predicted octanol–water partition coefficient (Wildman–Crippen LogP) is 3.47. The van der Waals surface area contributed by atoms with Crippen LogP contribution >= 0.6 is 0 Å². The predicted molar refractivity (Wildman–Crippen MR) is 108 cm³/mol. The summed E-state index contributed by atoms with van der Waals surface area (Å²) < 4.78 is 21.4. The number of ether oxygens (including phenoxy) is 4. The molecule has 0 amide bonds. The number of hydrogen-bond donors (Lipinski definition) is 2. The van der Waals surface area contributed by atoms with Gasteiger partial charge in [0.15, 0.2) is 0 Å². The van der Waals surface area contributed by atoms with E-state index in [4.69, 9.17) is 24.1 Å². The number of carbonyl (C=O) groups is 1. The van der Waals surface area contributed by atoms with E-state index in [-0.39, 0.29) is 6.54 Å². The zero-order valence-electron chi connectivity index (χ0n) is 16.4. The molecule has 0 bridgehead atoms. The Morgan fingerprint density at radius 2 is 1.61 bits per heavy atom. The Morgan fingerprint density at radius 3 is 2.14 bits per heavy atom. The van der Waals surface area contributed by atoms with E-state index in [2.05, 4.69) is 5.32 Å². The van der Waals surface area contributed by atoms with Crippen molar-refractivity contribution in [3.8, 4) is 23.0 Å². The molecule has 0 spiro atoms. The van der Waals surface area contributed by atoms with Gasteiger partial charge in [0.25, 0.3) is 0 Å². The first-order chi connectivity index (χ1) is 13.5. The minimum Gasteiger partial charge on any atom is -0.496 e. The normalized spacial score (nSPS) is 10.6. The molecule has 7 heteroatoms. The SMILES string of the molecule is COc1cc(OC)c(/C=C/Cc2ccc(OC)c(NCC(=O)O)c2)c(OC)c1. The van der Waals surface area contributed by atoms with Gasteiger partial charge in [-0.25, -0.2) is 0 Å². The first-order valence-corrected chi connectivity index (χ1v) is 8.61. The van der Waals surface area contributed by atoms with Gasteiger partial charge in [-0.05, 0) is 24.1 Å². The maximum absolute atomic E-state index is 10.8. The van der Waals surface area contributed by atoms with Gasteiger partial charge in [-0.2, -0.15) is 0 Å². The quantitative estimate of drug-likeness (QED) is 0.645. The number of nitrogens with one attached hydrogen (secondary N) is 1. The molecular weight excluding hydrogens is 362 g/mol.